The highest BCUT2D eigenvalue weighted by Crippen LogP contribution is 2.30. The average Bonchev–Trinajstić information content (AvgIpc) is 3.38. The Morgan fingerprint density at radius 2 is 1.89 bits per heavy atom. The van der Waals surface area contributed by atoms with Crippen molar-refractivity contribution in [2.24, 2.45) is 17.6 Å². The minimum atomic E-state index is -1.08. The quantitative estimate of drug-likeness (QED) is 0.395. The van der Waals surface area contributed by atoms with Gasteiger partial charge < -0.3 is 26.0 Å². The van der Waals surface area contributed by atoms with E-state index in [4.69, 9.17) is 10.5 Å². The maximum absolute atomic E-state index is 15.4. The summed E-state index contributed by atoms with van der Waals surface area (Å²) in [4.78, 5) is 20.3. The first-order valence-electron chi connectivity index (χ1n) is 14.1. The lowest BCUT2D eigenvalue weighted by atomic mass is 9.93. The zero-order valence-corrected chi connectivity index (χ0v) is 22.3. The topological polar surface area (TPSA) is 98.1 Å². The molecule has 9 nitrogen and oxygen atoms in total. The van der Waals surface area contributed by atoms with E-state index in [9.17, 15) is 9.18 Å². The Hall–Kier alpha value is -1.37. The van der Waals surface area contributed by atoms with Crippen molar-refractivity contribution in [2.45, 2.75) is 68.9 Å². The Morgan fingerprint density at radius 1 is 1.14 bits per heavy atom. The standard InChI is InChI=1S/C26H45F2N7O2/c1-16-11-22-23(25(29)31-20(16)4-3-17(27)14-33(22)2)26(36)32-21-13-30-12-19(28)24(21)35-8-6-34(7-9-35)18-5-10-37-15-18/h11,16-21,23-25,30-31H,3-10,12-15,29H2,1-2H3,(H,32,36). The predicted molar refractivity (Wildman–Crippen MR) is 138 cm³/mol. The second-order valence-corrected chi connectivity index (χ2v) is 11.7. The molecule has 0 aromatic rings. The van der Waals surface area contributed by atoms with E-state index in [-0.39, 0.29) is 37.0 Å². The molecule has 1 amide bonds. The number of carbonyl (C=O) groups is 1. The molecule has 0 saturated carbocycles. The molecule has 5 aliphatic rings. The lowest BCUT2D eigenvalue weighted by molar-refractivity contribution is -0.127. The zero-order valence-electron chi connectivity index (χ0n) is 22.3. The number of halogens is 2. The highest BCUT2D eigenvalue weighted by atomic mass is 19.1. The number of piperazine rings is 1. The zero-order chi connectivity index (χ0) is 26.1. The van der Waals surface area contributed by atoms with E-state index in [0.717, 1.165) is 51.5 Å². The van der Waals surface area contributed by atoms with Crippen LogP contribution in [-0.4, -0.2) is 129 Å². The van der Waals surface area contributed by atoms with Gasteiger partial charge in [-0.25, -0.2) is 8.78 Å². The Bertz CT molecular complexity index is 821. The number of hydrogen-bond donors (Lipinski definition) is 4. The summed E-state index contributed by atoms with van der Waals surface area (Å²) >= 11 is 0. The van der Waals surface area contributed by atoms with Gasteiger partial charge in [0, 0.05) is 77.2 Å². The maximum Gasteiger partial charge on any atom is 0.232 e. The summed E-state index contributed by atoms with van der Waals surface area (Å²) in [6.45, 7) is 7.99. The van der Waals surface area contributed by atoms with Crippen LogP contribution in [0.3, 0.4) is 0 Å². The number of rotatable bonds is 4. The normalized spacial score (nSPS) is 42.5. The van der Waals surface area contributed by atoms with Crippen molar-refractivity contribution in [1.82, 2.24) is 30.7 Å². The van der Waals surface area contributed by atoms with Gasteiger partial charge >= 0.3 is 0 Å². The SMILES string of the molecule is CC1C=C2C(C(=O)NC3CNCC(F)C3N3CCN(C4CCOC4)CC3)C(N)NC1CCC(F)CN2C. The predicted octanol–water partition coefficient (Wildman–Crippen LogP) is -0.356. The van der Waals surface area contributed by atoms with Gasteiger partial charge in [0.15, 0.2) is 0 Å². The summed E-state index contributed by atoms with van der Waals surface area (Å²) in [5, 5.41) is 9.74. The van der Waals surface area contributed by atoms with Crippen molar-refractivity contribution >= 4 is 5.91 Å². The van der Waals surface area contributed by atoms with Crippen molar-refractivity contribution in [1.29, 1.82) is 0 Å². The Labute approximate surface area is 219 Å². The van der Waals surface area contributed by atoms with Crippen LogP contribution in [0.2, 0.25) is 0 Å². The summed E-state index contributed by atoms with van der Waals surface area (Å²) in [6.07, 6.45) is 1.61. The van der Waals surface area contributed by atoms with Gasteiger partial charge in [0.25, 0.3) is 0 Å². The molecule has 3 saturated heterocycles. The molecule has 5 heterocycles. The molecule has 0 aromatic carbocycles. The number of ether oxygens (including phenoxy) is 1. The van der Waals surface area contributed by atoms with Crippen molar-refractivity contribution in [3.63, 3.8) is 0 Å². The number of nitrogens with zero attached hydrogens (tertiary/aromatic N) is 3. The summed E-state index contributed by atoms with van der Waals surface area (Å²) in [6, 6.07) is -0.309. The number of carbonyl (C=O) groups excluding carboxylic acids is 1. The second-order valence-electron chi connectivity index (χ2n) is 11.7. The summed E-state index contributed by atoms with van der Waals surface area (Å²) < 4.78 is 35.6. The van der Waals surface area contributed by atoms with Gasteiger partial charge in [-0.15, -0.1) is 0 Å². The van der Waals surface area contributed by atoms with E-state index in [1.165, 1.54) is 0 Å². The van der Waals surface area contributed by atoms with E-state index in [0.29, 0.717) is 25.4 Å². The lowest BCUT2D eigenvalue weighted by Crippen LogP contribution is -2.68. The fourth-order valence-corrected chi connectivity index (χ4v) is 7.00. The Kier molecular flexibility index (Phi) is 8.67. The molecule has 2 bridgehead atoms. The Balaban J connectivity index is 1.30. The van der Waals surface area contributed by atoms with Gasteiger partial charge in [0.2, 0.25) is 5.91 Å². The molecule has 11 heteroatoms. The van der Waals surface area contributed by atoms with Crippen LogP contribution in [0, 0.1) is 11.8 Å². The van der Waals surface area contributed by atoms with Gasteiger partial charge in [-0.05, 0) is 25.2 Å². The highest BCUT2D eigenvalue weighted by molar-refractivity contribution is 5.82. The average molecular weight is 526 g/mol. The number of amides is 1. The molecule has 0 radical (unpaired) electrons. The molecule has 0 aromatic heterocycles. The van der Waals surface area contributed by atoms with Crippen molar-refractivity contribution in [2.75, 3.05) is 66.1 Å². The van der Waals surface area contributed by atoms with Crippen LogP contribution < -0.4 is 21.7 Å². The number of nitrogens with one attached hydrogen (secondary N) is 3. The molecular weight excluding hydrogens is 480 g/mol. The van der Waals surface area contributed by atoms with Gasteiger partial charge in [-0.2, -0.15) is 0 Å². The molecule has 210 valence electrons. The molecule has 5 rings (SSSR count). The molecule has 0 aliphatic carbocycles. The van der Waals surface area contributed by atoms with E-state index in [2.05, 4.69) is 38.7 Å². The van der Waals surface area contributed by atoms with Gasteiger partial charge in [0.05, 0.1) is 24.9 Å². The van der Waals surface area contributed by atoms with Crippen molar-refractivity contribution in [3.05, 3.63) is 11.8 Å². The third-order valence-corrected chi connectivity index (χ3v) is 9.15. The monoisotopic (exact) mass is 525 g/mol. The maximum atomic E-state index is 15.4. The minimum absolute atomic E-state index is 0.00781. The number of piperidine rings is 1. The van der Waals surface area contributed by atoms with E-state index in [1.54, 1.807) is 0 Å². The number of alkyl halides is 2. The first-order chi connectivity index (χ1) is 17.8. The van der Waals surface area contributed by atoms with Crippen LogP contribution in [0.1, 0.15) is 26.2 Å². The second kappa shape index (κ2) is 11.8. The fourth-order valence-electron chi connectivity index (χ4n) is 7.00. The van der Waals surface area contributed by atoms with Gasteiger partial charge in [-0.3, -0.25) is 19.9 Å². The third-order valence-electron chi connectivity index (χ3n) is 9.15. The molecular formula is C26H45F2N7O2. The van der Waals surface area contributed by atoms with Gasteiger partial charge in [-0.1, -0.05) is 13.0 Å². The summed E-state index contributed by atoms with van der Waals surface area (Å²) in [5.74, 6) is -0.787. The minimum Gasteiger partial charge on any atom is -0.380 e. The molecule has 3 fully saturated rings. The molecule has 5 aliphatic heterocycles. The van der Waals surface area contributed by atoms with Crippen LogP contribution in [0.25, 0.3) is 0 Å². The van der Waals surface area contributed by atoms with Crippen LogP contribution in [-0.2, 0) is 9.53 Å². The first kappa shape index (κ1) is 27.2. The van der Waals surface area contributed by atoms with E-state index >= 15 is 4.39 Å². The number of nitrogens with two attached hydrogens (primary N) is 1. The Morgan fingerprint density at radius 3 is 2.62 bits per heavy atom. The van der Waals surface area contributed by atoms with E-state index < -0.39 is 30.5 Å². The van der Waals surface area contributed by atoms with Crippen molar-refractivity contribution in [3.8, 4) is 0 Å². The van der Waals surface area contributed by atoms with Gasteiger partial charge in [0.1, 0.15) is 18.3 Å². The number of fused-ring (bicyclic) bond motifs is 2. The van der Waals surface area contributed by atoms with Crippen LogP contribution in [0.4, 0.5) is 8.78 Å². The largest absolute Gasteiger partial charge is 0.380 e. The van der Waals surface area contributed by atoms with Crippen LogP contribution in [0.5, 0.6) is 0 Å². The molecule has 0 spiro atoms. The van der Waals surface area contributed by atoms with Crippen LogP contribution in [0.15, 0.2) is 11.8 Å². The molecule has 5 N–H and O–H groups in total. The van der Waals surface area contributed by atoms with Crippen LogP contribution >= 0.6 is 0 Å². The molecule has 9 atom stereocenters. The fraction of sp³-hybridized carbons (Fsp3) is 0.885. The number of hydrogen-bond acceptors (Lipinski definition) is 8. The highest BCUT2D eigenvalue weighted by Gasteiger charge is 2.44. The smallest absolute Gasteiger partial charge is 0.232 e. The molecule has 9 unspecified atom stereocenters. The summed E-state index contributed by atoms with van der Waals surface area (Å²) in [5.41, 5.74) is 7.34. The van der Waals surface area contributed by atoms with Crippen molar-refractivity contribution < 1.29 is 18.3 Å². The third kappa shape index (κ3) is 5.96. The van der Waals surface area contributed by atoms with E-state index in [1.807, 2.05) is 11.9 Å². The first-order valence-corrected chi connectivity index (χ1v) is 14.1. The summed E-state index contributed by atoms with van der Waals surface area (Å²) in [7, 11) is 1.83. The lowest BCUT2D eigenvalue weighted by Gasteiger charge is -2.47. The molecule has 37 heavy (non-hydrogen) atoms.